The monoisotopic (exact) mass is 255 g/mol. The number of hydrogen-bond acceptors (Lipinski definition) is 5. The second-order valence-electron chi connectivity index (χ2n) is 4.07. The minimum atomic E-state index is -2.89. The summed E-state index contributed by atoms with van der Waals surface area (Å²) in [6.45, 7) is 0.370. The molecule has 1 N–H and O–H groups in total. The van der Waals surface area contributed by atoms with Crippen LogP contribution in [-0.2, 0) is 9.84 Å². The van der Waals surface area contributed by atoms with Gasteiger partial charge < -0.3 is 5.32 Å². The molecule has 0 saturated carbocycles. The Bertz CT molecular complexity index is 501. The Kier molecular flexibility index (Phi) is 3.37. The zero-order valence-electron chi connectivity index (χ0n) is 9.17. The van der Waals surface area contributed by atoms with Crippen LogP contribution in [0.3, 0.4) is 0 Å². The van der Waals surface area contributed by atoms with E-state index >= 15 is 0 Å². The molecule has 0 unspecified atom stereocenters. The summed E-state index contributed by atoms with van der Waals surface area (Å²) in [4.78, 5) is 19.2. The average molecular weight is 255 g/mol. The summed E-state index contributed by atoms with van der Waals surface area (Å²) in [5.74, 6) is 0.0786. The van der Waals surface area contributed by atoms with Gasteiger partial charge >= 0.3 is 0 Å². The Morgan fingerprint density at radius 1 is 1.47 bits per heavy atom. The fourth-order valence-corrected chi connectivity index (χ4v) is 3.64. The van der Waals surface area contributed by atoms with Crippen molar-refractivity contribution in [3.63, 3.8) is 0 Å². The largest absolute Gasteiger partial charge is 0.350 e. The highest BCUT2D eigenvalue weighted by molar-refractivity contribution is 7.91. The standard InChI is InChI=1S/C10H13N3O3S/c14-10(9-6-11-2-3-12-9)13-5-8-1-4-17(15,16)7-8/h2-3,6,8H,1,4-5,7H2,(H,13,14)/t8-/m1/s1. The number of carbonyl (C=O) groups excluding carboxylic acids is 1. The van der Waals surface area contributed by atoms with Crippen molar-refractivity contribution >= 4 is 15.7 Å². The molecule has 1 aromatic heterocycles. The number of nitrogens with zero attached hydrogens (tertiary/aromatic N) is 2. The van der Waals surface area contributed by atoms with Gasteiger partial charge in [-0.2, -0.15) is 0 Å². The second-order valence-corrected chi connectivity index (χ2v) is 6.30. The highest BCUT2D eigenvalue weighted by Gasteiger charge is 2.28. The van der Waals surface area contributed by atoms with Gasteiger partial charge in [0.1, 0.15) is 5.69 Å². The van der Waals surface area contributed by atoms with Crippen molar-refractivity contribution in [2.75, 3.05) is 18.1 Å². The van der Waals surface area contributed by atoms with Crippen LogP contribution in [-0.4, -0.2) is 42.3 Å². The van der Waals surface area contributed by atoms with Crippen LogP contribution in [0.2, 0.25) is 0 Å². The van der Waals surface area contributed by atoms with Gasteiger partial charge in [-0.15, -0.1) is 0 Å². The van der Waals surface area contributed by atoms with Gasteiger partial charge in [-0.3, -0.25) is 9.78 Å². The van der Waals surface area contributed by atoms with Crippen LogP contribution in [0, 0.1) is 5.92 Å². The molecular weight excluding hydrogens is 242 g/mol. The molecular formula is C10H13N3O3S. The zero-order valence-corrected chi connectivity index (χ0v) is 9.98. The lowest BCUT2D eigenvalue weighted by atomic mass is 10.1. The van der Waals surface area contributed by atoms with E-state index in [2.05, 4.69) is 15.3 Å². The van der Waals surface area contributed by atoms with Crippen molar-refractivity contribution in [2.45, 2.75) is 6.42 Å². The smallest absolute Gasteiger partial charge is 0.271 e. The molecule has 1 fully saturated rings. The maximum absolute atomic E-state index is 11.6. The van der Waals surface area contributed by atoms with E-state index in [4.69, 9.17) is 0 Å². The summed E-state index contributed by atoms with van der Waals surface area (Å²) in [5.41, 5.74) is 0.244. The molecule has 0 aliphatic carbocycles. The summed E-state index contributed by atoms with van der Waals surface area (Å²) in [7, 11) is -2.89. The van der Waals surface area contributed by atoms with E-state index in [9.17, 15) is 13.2 Å². The molecule has 1 aromatic rings. The maximum Gasteiger partial charge on any atom is 0.271 e. The third-order valence-electron chi connectivity index (χ3n) is 2.67. The normalized spacial score (nSPS) is 22.2. The first kappa shape index (κ1) is 12.0. The zero-order chi connectivity index (χ0) is 12.3. The predicted octanol–water partition coefficient (Wildman–Crippen LogP) is -0.359. The molecule has 6 nitrogen and oxygen atoms in total. The molecule has 1 atom stereocenters. The molecule has 1 aliphatic rings. The van der Waals surface area contributed by atoms with Crippen LogP contribution in [0.5, 0.6) is 0 Å². The van der Waals surface area contributed by atoms with Gasteiger partial charge in [0, 0.05) is 18.9 Å². The average Bonchev–Trinajstić information content (AvgIpc) is 2.67. The van der Waals surface area contributed by atoms with Gasteiger partial charge in [-0.05, 0) is 12.3 Å². The van der Waals surface area contributed by atoms with Gasteiger partial charge in [0.05, 0.1) is 17.7 Å². The molecule has 0 spiro atoms. The molecule has 0 radical (unpaired) electrons. The predicted molar refractivity (Wildman–Crippen MR) is 61.1 cm³/mol. The first-order chi connectivity index (χ1) is 8.07. The Morgan fingerprint density at radius 3 is 2.88 bits per heavy atom. The quantitative estimate of drug-likeness (QED) is 0.796. The molecule has 7 heteroatoms. The van der Waals surface area contributed by atoms with E-state index in [1.165, 1.54) is 18.6 Å². The van der Waals surface area contributed by atoms with Gasteiger partial charge in [-0.1, -0.05) is 0 Å². The van der Waals surface area contributed by atoms with E-state index in [-0.39, 0.29) is 29.0 Å². The topological polar surface area (TPSA) is 89.0 Å². The minimum Gasteiger partial charge on any atom is -0.350 e. The van der Waals surface area contributed by atoms with Crippen LogP contribution in [0.15, 0.2) is 18.6 Å². The first-order valence-corrected chi connectivity index (χ1v) is 7.13. The second kappa shape index (κ2) is 4.79. The van der Waals surface area contributed by atoms with E-state index in [1.807, 2.05) is 0 Å². The van der Waals surface area contributed by atoms with Crippen LogP contribution in [0.1, 0.15) is 16.9 Å². The first-order valence-electron chi connectivity index (χ1n) is 5.31. The molecule has 1 aliphatic heterocycles. The van der Waals surface area contributed by atoms with Crippen LogP contribution in [0.25, 0.3) is 0 Å². The third-order valence-corrected chi connectivity index (χ3v) is 4.51. The summed E-state index contributed by atoms with van der Waals surface area (Å²) >= 11 is 0. The molecule has 0 aromatic carbocycles. The Labute approximate surface area is 99.4 Å². The summed E-state index contributed by atoms with van der Waals surface area (Å²) in [5, 5.41) is 2.67. The van der Waals surface area contributed by atoms with E-state index < -0.39 is 9.84 Å². The Morgan fingerprint density at radius 2 is 2.29 bits per heavy atom. The van der Waals surface area contributed by atoms with Crippen molar-refractivity contribution in [1.29, 1.82) is 0 Å². The molecule has 1 saturated heterocycles. The van der Waals surface area contributed by atoms with Crippen molar-refractivity contribution in [1.82, 2.24) is 15.3 Å². The van der Waals surface area contributed by atoms with Gasteiger partial charge in [0.15, 0.2) is 9.84 Å². The Hall–Kier alpha value is -1.50. The summed E-state index contributed by atoms with van der Waals surface area (Å²) in [6, 6.07) is 0. The van der Waals surface area contributed by atoms with Gasteiger partial charge in [0.2, 0.25) is 0 Å². The van der Waals surface area contributed by atoms with E-state index in [0.29, 0.717) is 13.0 Å². The number of sulfone groups is 1. The Balaban J connectivity index is 1.86. The number of nitrogens with one attached hydrogen (secondary N) is 1. The van der Waals surface area contributed by atoms with Crippen LogP contribution < -0.4 is 5.32 Å². The molecule has 0 bridgehead atoms. The number of hydrogen-bond donors (Lipinski definition) is 1. The summed E-state index contributed by atoms with van der Waals surface area (Å²) < 4.78 is 22.4. The lowest BCUT2D eigenvalue weighted by Crippen LogP contribution is -2.30. The molecule has 2 heterocycles. The van der Waals surface area contributed by atoms with Crippen LogP contribution in [0.4, 0.5) is 0 Å². The summed E-state index contributed by atoms with van der Waals surface area (Å²) in [6.07, 6.45) is 4.92. The number of aromatic nitrogens is 2. The van der Waals surface area contributed by atoms with Crippen molar-refractivity contribution < 1.29 is 13.2 Å². The van der Waals surface area contributed by atoms with Gasteiger partial charge in [-0.25, -0.2) is 13.4 Å². The fourth-order valence-electron chi connectivity index (χ4n) is 1.78. The maximum atomic E-state index is 11.6. The lowest BCUT2D eigenvalue weighted by Gasteiger charge is -2.08. The molecule has 1 amide bonds. The number of amides is 1. The molecule has 92 valence electrons. The van der Waals surface area contributed by atoms with Crippen molar-refractivity contribution in [3.8, 4) is 0 Å². The third kappa shape index (κ3) is 3.23. The van der Waals surface area contributed by atoms with E-state index in [1.54, 1.807) is 0 Å². The van der Waals surface area contributed by atoms with Crippen molar-refractivity contribution in [2.24, 2.45) is 5.92 Å². The highest BCUT2D eigenvalue weighted by atomic mass is 32.2. The molecule has 2 rings (SSSR count). The lowest BCUT2D eigenvalue weighted by molar-refractivity contribution is 0.0943. The number of carbonyl (C=O) groups is 1. The molecule has 17 heavy (non-hydrogen) atoms. The minimum absolute atomic E-state index is 0.0145. The van der Waals surface area contributed by atoms with Crippen LogP contribution >= 0.6 is 0 Å². The fraction of sp³-hybridized carbons (Fsp3) is 0.500. The van der Waals surface area contributed by atoms with Gasteiger partial charge in [0.25, 0.3) is 5.91 Å². The number of rotatable bonds is 3. The van der Waals surface area contributed by atoms with E-state index in [0.717, 1.165) is 0 Å². The van der Waals surface area contributed by atoms with Crippen molar-refractivity contribution in [3.05, 3.63) is 24.3 Å². The SMILES string of the molecule is O=C(NC[C@H]1CCS(=O)(=O)C1)c1cnccn1. The highest BCUT2D eigenvalue weighted by Crippen LogP contribution is 2.17.